The minimum absolute atomic E-state index is 0.957. The molecule has 0 saturated carbocycles. The van der Waals surface area contributed by atoms with E-state index in [0.29, 0.717) is 0 Å². The maximum absolute atomic E-state index is 4.86. The SMILES string of the molecule is CCCCCCCCCCCCCCCCCc1nc2cccc(Cc3ccccc3)c2[nH]1. The first-order chi connectivity index (χ1) is 16.4. The Labute approximate surface area is 202 Å². The van der Waals surface area contributed by atoms with Gasteiger partial charge in [-0.15, -0.1) is 0 Å². The second-order valence-electron chi connectivity index (χ2n) is 9.86. The number of rotatable bonds is 18. The summed E-state index contributed by atoms with van der Waals surface area (Å²) in [7, 11) is 0. The predicted molar refractivity (Wildman–Crippen MR) is 144 cm³/mol. The van der Waals surface area contributed by atoms with E-state index in [9.17, 15) is 0 Å². The van der Waals surface area contributed by atoms with Crippen LogP contribution in [0, 0.1) is 0 Å². The summed E-state index contributed by atoms with van der Waals surface area (Å²) in [6, 6.07) is 17.2. The Kier molecular flexibility index (Phi) is 12.1. The molecular weight excluding hydrogens is 400 g/mol. The molecule has 1 aromatic heterocycles. The van der Waals surface area contributed by atoms with E-state index in [1.54, 1.807) is 0 Å². The molecule has 0 saturated heterocycles. The molecule has 2 nitrogen and oxygen atoms in total. The first kappa shape index (κ1) is 25.5. The summed E-state index contributed by atoms with van der Waals surface area (Å²) < 4.78 is 0. The van der Waals surface area contributed by atoms with Gasteiger partial charge in [-0.05, 0) is 30.0 Å². The molecular formula is C31H46N2. The molecule has 3 rings (SSSR count). The summed E-state index contributed by atoms with van der Waals surface area (Å²) in [5.74, 6) is 1.15. The number of unbranched alkanes of at least 4 members (excludes halogenated alkanes) is 14. The first-order valence-electron chi connectivity index (χ1n) is 13.9. The smallest absolute Gasteiger partial charge is 0.107 e. The van der Waals surface area contributed by atoms with Crippen LogP contribution in [0.25, 0.3) is 11.0 Å². The lowest BCUT2D eigenvalue weighted by atomic mass is 10.0. The van der Waals surface area contributed by atoms with Gasteiger partial charge in [-0.25, -0.2) is 4.98 Å². The molecule has 0 aliphatic heterocycles. The quantitative estimate of drug-likeness (QED) is 0.194. The minimum atomic E-state index is 0.957. The fourth-order valence-electron chi connectivity index (χ4n) is 4.89. The van der Waals surface area contributed by atoms with Gasteiger partial charge in [0.2, 0.25) is 0 Å². The van der Waals surface area contributed by atoms with Gasteiger partial charge < -0.3 is 4.98 Å². The highest BCUT2D eigenvalue weighted by Crippen LogP contribution is 2.21. The first-order valence-corrected chi connectivity index (χ1v) is 13.9. The van der Waals surface area contributed by atoms with Crippen molar-refractivity contribution in [2.24, 2.45) is 0 Å². The summed E-state index contributed by atoms with van der Waals surface area (Å²) >= 11 is 0. The zero-order valence-electron chi connectivity index (χ0n) is 21.1. The Morgan fingerprint density at radius 3 is 1.79 bits per heavy atom. The largest absolute Gasteiger partial charge is 0.342 e. The number of nitrogens with zero attached hydrogens (tertiary/aromatic N) is 1. The van der Waals surface area contributed by atoms with Gasteiger partial charge in [-0.1, -0.05) is 139 Å². The van der Waals surface area contributed by atoms with E-state index in [0.717, 1.165) is 24.2 Å². The van der Waals surface area contributed by atoms with Gasteiger partial charge in [-0.2, -0.15) is 0 Å². The molecule has 3 aromatic rings. The Bertz CT molecular complexity index is 880. The molecule has 180 valence electrons. The lowest BCUT2D eigenvalue weighted by molar-refractivity contribution is 0.531. The van der Waals surface area contributed by atoms with E-state index in [-0.39, 0.29) is 0 Å². The fourth-order valence-corrected chi connectivity index (χ4v) is 4.89. The third-order valence-electron chi connectivity index (χ3n) is 6.91. The molecule has 0 unspecified atom stereocenters. The van der Waals surface area contributed by atoms with E-state index in [1.165, 1.54) is 113 Å². The summed E-state index contributed by atoms with van der Waals surface area (Å²) in [4.78, 5) is 8.49. The van der Waals surface area contributed by atoms with E-state index in [4.69, 9.17) is 4.98 Å². The molecule has 33 heavy (non-hydrogen) atoms. The van der Waals surface area contributed by atoms with Crippen molar-refractivity contribution in [3.8, 4) is 0 Å². The molecule has 0 bridgehead atoms. The number of hydrogen-bond acceptors (Lipinski definition) is 1. The number of nitrogens with one attached hydrogen (secondary N) is 1. The minimum Gasteiger partial charge on any atom is -0.342 e. The number of benzene rings is 2. The average Bonchev–Trinajstić information content (AvgIpc) is 3.26. The van der Waals surface area contributed by atoms with Crippen LogP contribution >= 0.6 is 0 Å². The van der Waals surface area contributed by atoms with Gasteiger partial charge in [0.15, 0.2) is 0 Å². The van der Waals surface area contributed by atoms with Gasteiger partial charge >= 0.3 is 0 Å². The van der Waals surface area contributed by atoms with Crippen LogP contribution in [-0.2, 0) is 12.8 Å². The third kappa shape index (κ3) is 9.74. The third-order valence-corrected chi connectivity index (χ3v) is 6.91. The maximum atomic E-state index is 4.86. The molecule has 0 radical (unpaired) electrons. The summed E-state index contributed by atoms with van der Waals surface area (Å²) in [6.07, 6.45) is 23.2. The fraction of sp³-hybridized carbons (Fsp3) is 0.581. The van der Waals surface area contributed by atoms with Crippen molar-refractivity contribution in [2.75, 3.05) is 0 Å². The Hall–Kier alpha value is -2.09. The lowest BCUT2D eigenvalue weighted by Crippen LogP contribution is -1.90. The van der Waals surface area contributed by atoms with Crippen LogP contribution in [-0.4, -0.2) is 9.97 Å². The Balaban J connectivity index is 1.24. The number of H-pyrrole nitrogens is 1. The van der Waals surface area contributed by atoms with E-state index >= 15 is 0 Å². The maximum Gasteiger partial charge on any atom is 0.107 e. The summed E-state index contributed by atoms with van der Waals surface area (Å²) in [6.45, 7) is 2.29. The molecule has 0 aliphatic carbocycles. The van der Waals surface area contributed by atoms with Crippen molar-refractivity contribution >= 4 is 11.0 Å². The number of aromatic amines is 1. The molecule has 2 aromatic carbocycles. The standard InChI is InChI=1S/C31H46N2/c1-2-3-4-5-6-7-8-9-10-11-12-13-14-15-19-25-30-32-29-24-20-23-28(31(29)33-30)26-27-21-17-16-18-22-27/h16-18,20-24H,2-15,19,25-26H2,1H3,(H,32,33). The number of aryl methyl sites for hydroxylation is 1. The number of hydrogen-bond donors (Lipinski definition) is 1. The number of imidazole rings is 1. The van der Waals surface area contributed by atoms with Crippen LogP contribution in [0.5, 0.6) is 0 Å². The van der Waals surface area contributed by atoms with Crippen LogP contribution in [0.15, 0.2) is 48.5 Å². The molecule has 0 amide bonds. The van der Waals surface area contributed by atoms with Gasteiger partial charge in [-0.3, -0.25) is 0 Å². The second kappa shape index (κ2) is 15.7. The Morgan fingerprint density at radius 2 is 1.18 bits per heavy atom. The second-order valence-corrected chi connectivity index (χ2v) is 9.86. The zero-order valence-corrected chi connectivity index (χ0v) is 21.1. The lowest BCUT2D eigenvalue weighted by Gasteiger charge is -2.03. The van der Waals surface area contributed by atoms with Crippen molar-refractivity contribution in [2.45, 2.75) is 116 Å². The van der Waals surface area contributed by atoms with Crippen LogP contribution in [0.1, 0.15) is 120 Å². The van der Waals surface area contributed by atoms with Gasteiger partial charge in [0.05, 0.1) is 11.0 Å². The molecule has 0 fully saturated rings. The van der Waals surface area contributed by atoms with Crippen molar-refractivity contribution in [3.63, 3.8) is 0 Å². The highest BCUT2D eigenvalue weighted by atomic mass is 14.9. The normalized spacial score (nSPS) is 11.4. The molecule has 1 heterocycles. The summed E-state index contributed by atoms with van der Waals surface area (Å²) in [5.41, 5.74) is 5.02. The predicted octanol–water partition coefficient (Wildman–Crippen LogP) is 9.57. The summed E-state index contributed by atoms with van der Waals surface area (Å²) in [5, 5.41) is 0. The molecule has 0 aliphatic rings. The van der Waals surface area contributed by atoms with Crippen LogP contribution < -0.4 is 0 Å². The van der Waals surface area contributed by atoms with Crippen molar-refractivity contribution in [3.05, 3.63) is 65.5 Å². The monoisotopic (exact) mass is 446 g/mol. The highest BCUT2D eigenvalue weighted by molar-refractivity contribution is 5.79. The topological polar surface area (TPSA) is 28.7 Å². The van der Waals surface area contributed by atoms with Crippen molar-refractivity contribution in [1.29, 1.82) is 0 Å². The Morgan fingerprint density at radius 1 is 0.606 bits per heavy atom. The van der Waals surface area contributed by atoms with Crippen LogP contribution in [0.3, 0.4) is 0 Å². The van der Waals surface area contributed by atoms with Gasteiger partial charge in [0, 0.05) is 6.42 Å². The van der Waals surface area contributed by atoms with Gasteiger partial charge in [0.1, 0.15) is 5.82 Å². The number of para-hydroxylation sites is 1. The van der Waals surface area contributed by atoms with Gasteiger partial charge in [0.25, 0.3) is 0 Å². The molecule has 0 spiro atoms. The van der Waals surface area contributed by atoms with Crippen LogP contribution in [0.4, 0.5) is 0 Å². The van der Waals surface area contributed by atoms with Crippen molar-refractivity contribution < 1.29 is 0 Å². The van der Waals surface area contributed by atoms with E-state index in [1.807, 2.05) is 0 Å². The van der Waals surface area contributed by atoms with E-state index < -0.39 is 0 Å². The number of fused-ring (bicyclic) bond motifs is 1. The van der Waals surface area contributed by atoms with Crippen LogP contribution in [0.2, 0.25) is 0 Å². The number of aromatic nitrogens is 2. The molecule has 0 atom stereocenters. The van der Waals surface area contributed by atoms with E-state index in [2.05, 4.69) is 60.4 Å². The molecule has 1 N–H and O–H groups in total. The average molecular weight is 447 g/mol. The zero-order chi connectivity index (χ0) is 23.0. The highest BCUT2D eigenvalue weighted by Gasteiger charge is 2.08. The molecule has 2 heteroatoms. The van der Waals surface area contributed by atoms with Crippen molar-refractivity contribution in [1.82, 2.24) is 9.97 Å².